The molecule has 0 radical (unpaired) electrons. The smallest absolute Gasteiger partial charge is 0.381 e. The van der Waals surface area contributed by atoms with E-state index in [-0.39, 0.29) is 6.04 Å². The van der Waals surface area contributed by atoms with Crippen LogP contribution in [0.15, 0.2) is 36.5 Å². The normalized spacial score (nSPS) is 22.0. The van der Waals surface area contributed by atoms with Crippen LogP contribution >= 0.6 is 11.6 Å². The molecule has 0 bridgehead atoms. The van der Waals surface area contributed by atoms with Crippen LogP contribution in [0.3, 0.4) is 0 Å². The molecule has 1 saturated heterocycles. The molecule has 2 atom stereocenters. The lowest BCUT2D eigenvalue weighted by molar-refractivity contribution is -0.137. The maximum Gasteiger partial charge on any atom is 0.416 e. The van der Waals surface area contributed by atoms with E-state index in [1.165, 1.54) is 11.8 Å². The van der Waals surface area contributed by atoms with E-state index in [4.69, 9.17) is 16.3 Å². The number of nitrogens with zero attached hydrogens (tertiary/aromatic N) is 2. The van der Waals surface area contributed by atoms with Gasteiger partial charge in [-0.15, -0.1) is 0 Å². The van der Waals surface area contributed by atoms with Crippen LogP contribution in [-0.4, -0.2) is 29.7 Å². The average Bonchev–Trinajstić information content (AvgIpc) is 3.12. The second-order valence-electron chi connectivity index (χ2n) is 8.39. The molecule has 2 aliphatic heterocycles. The van der Waals surface area contributed by atoms with Crippen molar-refractivity contribution in [1.82, 2.24) is 9.97 Å². The summed E-state index contributed by atoms with van der Waals surface area (Å²) >= 11 is 6.24. The quantitative estimate of drug-likeness (QED) is 0.521. The highest BCUT2D eigenvalue weighted by molar-refractivity contribution is 6.31. The molecular weight excluding hydrogens is 427 g/mol. The van der Waals surface area contributed by atoms with E-state index in [1.54, 1.807) is 0 Å². The number of anilines is 1. The van der Waals surface area contributed by atoms with Gasteiger partial charge < -0.3 is 14.6 Å². The highest BCUT2D eigenvalue weighted by Gasteiger charge is 2.36. The molecule has 1 aromatic carbocycles. The van der Waals surface area contributed by atoms with Crippen molar-refractivity contribution in [2.75, 3.05) is 24.7 Å². The lowest BCUT2D eigenvalue weighted by Gasteiger charge is -2.39. The molecule has 2 aliphatic rings. The van der Waals surface area contributed by atoms with Crippen LogP contribution in [0, 0.1) is 5.92 Å². The summed E-state index contributed by atoms with van der Waals surface area (Å²) < 4.78 is 45.7. The van der Waals surface area contributed by atoms with Crippen LogP contribution in [0.5, 0.6) is 0 Å². The zero-order chi connectivity index (χ0) is 21.6. The third-order valence-corrected chi connectivity index (χ3v) is 6.63. The summed E-state index contributed by atoms with van der Waals surface area (Å²) in [4.78, 5) is 9.87. The van der Waals surface area contributed by atoms with Crippen molar-refractivity contribution in [3.8, 4) is 0 Å². The molecule has 31 heavy (non-hydrogen) atoms. The number of rotatable bonds is 3. The van der Waals surface area contributed by atoms with E-state index in [0.29, 0.717) is 36.3 Å². The summed E-state index contributed by atoms with van der Waals surface area (Å²) in [6, 6.07) is 7.86. The summed E-state index contributed by atoms with van der Waals surface area (Å²) in [6.07, 6.45) is 0.426. The Bertz CT molecular complexity index is 1090. The first-order chi connectivity index (χ1) is 14.9. The van der Waals surface area contributed by atoms with Crippen LogP contribution in [0.2, 0.25) is 5.02 Å². The fraction of sp³-hybridized carbons (Fsp3) is 0.435. The fourth-order valence-corrected chi connectivity index (χ4v) is 5.09. The van der Waals surface area contributed by atoms with Crippen LogP contribution in [0.25, 0.3) is 10.9 Å². The van der Waals surface area contributed by atoms with Crippen molar-refractivity contribution in [2.45, 2.75) is 37.9 Å². The molecule has 164 valence electrons. The zero-order valence-corrected chi connectivity index (χ0v) is 17.6. The first-order valence-corrected chi connectivity index (χ1v) is 11.0. The van der Waals surface area contributed by atoms with Gasteiger partial charge in [0.1, 0.15) is 5.82 Å². The van der Waals surface area contributed by atoms with Gasteiger partial charge in [0.2, 0.25) is 0 Å². The predicted octanol–water partition coefficient (Wildman–Crippen LogP) is 6.16. The molecule has 8 heteroatoms. The second-order valence-corrected chi connectivity index (χ2v) is 8.82. The Hall–Kier alpha value is -2.25. The molecule has 0 unspecified atom stereocenters. The minimum absolute atomic E-state index is 0.0994. The van der Waals surface area contributed by atoms with Gasteiger partial charge in [0.15, 0.2) is 0 Å². The van der Waals surface area contributed by atoms with Gasteiger partial charge in [-0.05, 0) is 67.5 Å². The lowest BCUT2D eigenvalue weighted by atomic mass is 9.88. The van der Waals surface area contributed by atoms with E-state index in [2.05, 4.69) is 9.97 Å². The third kappa shape index (κ3) is 4.01. The third-order valence-electron chi connectivity index (χ3n) is 6.39. The van der Waals surface area contributed by atoms with E-state index in [9.17, 15) is 13.2 Å². The van der Waals surface area contributed by atoms with E-state index in [1.807, 2.05) is 23.1 Å². The number of alkyl halides is 3. The van der Waals surface area contributed by atoms with Gasteiger partial charge >= 0.3 is 6.18 Å². The van der Waals surface area contributed by atoms with E-state index >= 15 is 0 Å². The van der Waals surface area contributed by atoms with Crippen LogP contribution in [0.1, 0.15) is 42.1 Å². The van der Waals surface area contributed by atoms with Crippen molar-refractivity contribution in [1.29, 1.82) is 0 Å². The van der Waals surface area contributed by atoms with Crippen molar-refractivity contribution >= 4 is 28.3 Å². The highest BCUT2D eigenvalue weighted by atomic mass is 35.5. The predicted molar refractivity (Wildman–Crippen MR) is 114 cm³/mol. The number of benzene rings is 1. The number of hydrogen-bond acceptors (Lipinski definition) is 3. The summed E-state index contributed by atoms with van der Waals surface area (Å²) in [7, 11) is 0. The minimum Gasteiger partial charge on any atom is -0.381 e. The Labute approximate surface area is 183 Å². The lowest BCUT2D eigenvalue weighted by Crippen LogP contribution is -2.38. The van der Waals surface area contributed by atoms with Gasteiger partial charge in [-0.1, -0.05) is 11.6 Å². The Balaban J connectivity index is 1.57. The largest absolute Gasteiger partial charge is 0.416 e. The van der Waals surface area contributed by atoms with Gasteiger partial charge in [0.25, 0.3) is 0 Å². The number of pyridine rings is 1. The molecular formula is C23H23ClF3N3O. The van der Waals surface area contributed by atoms with Crippen molar-refractivity contribution in [3.05, 3.63) is 58.4 Å². The highest BCUT2D eigenvalue weighted by Crippen LogP contribution is 2.42. The van der Waals surface area contributed by atoms with E-state index < -0.39 is 11.7 Å². The van der Waals surface area contributed by atoms with E-state index in [0.717, 1.165) is 54.6 Å². The zero-order valence-electron chi connectivity index (χ0n) is 16.9. The molecule has 0 saturated carbocycles. The fourth-order valence-electron chi connectivity index (χ4n) is 4.92. The Morgan fingerprint density at radius 3 is 2.87 bits per heavy atom. The number of H-pyrrole nitrogens is 1. The van der Waals surface area contributed by atoms with Gasteiger partial charge in [0.05, 0.1) is 11.6 Å². The number of halogens is 4. The van der Waals surface area contributed by atoms with Gasteiger partial charge in [-0.25, -0.2) is 4.98 Å². The molecule has 5 rings (SSSR count). The number of hydrogen-bond donors (Lipinski definition) is 1. The SMILES string of the molecule is FC(F)(F)c1ccnc(N2CCc3c([nH]c4ccc(Cl)cc34)[C@@H]2C[C@@H]2CCCOC2)c1. The molecule has 4 nitrogen and oxygen atoms in total. The van der Waals surface area contributed by atoms with Crippen molar-refractivity contribution in [2.24, 2.45) is 5.92 Å². The van der Waals surface area contributed by atoms with Gasteiger partial charge in [-0.3, -0.25) is 0 Å². The molecule has 4 heterocycles. The van der Waals surface area contributed by atoms with Crippen LogP contribution in [-0.2, 0) is 17.3 Å². The van der Waals surface area contributed by atoms with Gasteiger partial charge in [-0.2, -0.15) is 13.2 Å². The summed E-state index contributed by atoms with van der Waals surface area (Å²) in [5.41, 5.74) is 2.57. The molecule has 0 amide bonds. The molecule has 1 N–H and O–H groups in total. The topological polar surface area (TPSA) is 41.2 Å². The van der Waals surface area contributed by atoms with Gasteiger partial charge in [0, 0.05) is 47.6 Å². The Morgan fingerprint density at radius 2 is 2.10 bits per heavy atom. The Kier molecular flexibility index (Phi) is 5.34. The van der Waals surface area contributed by atoms with Crippen molar-refractivity contribution in [3.63, 3.8) is 0 Å². The molecule has 2 aromatic heterocycles. The minimum atomic E-state index is -4.40. The molecule has 0 spiro atoms. The number of aromatic amines is 1. The maximum absolute atomic E-state index is 13.3. The first kappa shape index (κ1) is 20.6. The molecule has 3 aromatic rings. The van der Waals surface area contributed by atoms with Crippen LogP contribution < -0.4 is 4.90 Å². The van der Waals surface area contributed by atoms with Crippen molar-refractivity contribution < 1.29 is 17.9 Å². The number of fused-ring (bicyclic) bond motifs is 3. The second kappa shape index (κ2) is 8.02. The number of nitrogens with one attached hydrogen (secondary N) is 1. The molecule has 0 aliphatic carbocycles. The Morgan fingerprint density at radius 1 is 1.23 bits per heavy atom. The monoisotopic (exact) mass is 449 g/mol. The summed E-state index contributed by atoms with van der Waals surface area (Å²) in [6.45, 7) is 2.05. The molecule has 1 fully saturated rings. The van der Waals surface area contributed by atoms with Crippen LogP contribution in [0.4, 0.5) is 19.0 Å². The summed E-state index contributed by atoms with van der Waals surface area (Å²) in [5, 5.41) is 1.76. The first-order valence-electron chi connectivity index (χ1n) is 10.6. The standard InChI is InChI=1S/C23H23ClF3N3O/c24-16-3-4-19-18(12-16)17-6-8-30(21-11-15(5-7-28-21)23(25,26)27)20(22(17)29-19)10-14-2-1-9-31-13-14/h3-5,7,11-12,14,20,29H,1-2,6,8-10,13H2/t14-,20-/m0/s1. The summed E-state index contributed by atoms with van der Waals surface area (Å²) in [5.74, 6) is 0.715. The average molecular weight is 450 g/mol. The maximum atomic E-state index is 13.3. The number of aromatic nitrogens is 2. The number of ether oxygens (including phenoxy) is 1.